The molecule has 0 spiro atoms. The third-order valence-corrected chi connectivity index (χ3v) is 9.76. The number of hydrogen-bond acceptors (Lipinski definition) is 10. The van der Waals surface area contributed by atoms with Crippen LogP contribution in [0.2, 0.25) is 0 Å². The summed E-state index contributed by atoms with van der Waals surface area (Å²) in [5, 5.41) is 22.1. The number of nitrogens with zero attached hydrogens (tertiary/aromatic N) is 4. The second-order valence-corrected chi connectivity index (χ2v) is 13.2. The zero-order valence-corrected chi connectivity index (χ0v) is 26.7. The Morgan fingerprint density at radius 2 is 2.02 bits per heavy atom. The lowest BCUT2D eigenvalue weighted by atomic mass is 9.89. The lowest BCUT2D eigenvalue weighted by Gasteiger charge is -2.50. The monoisotopic (exact) mass is 668 g/mol. The fourth-order valence-corrected chi connectivity index (χ4v) is 6.79. The van der Waals surface area contributed by atoms with Crippen molar-refractivity contribution in [3.63, 3.8) is 0 Å². The Bertz CT molecular complexity index is 1650. The minimum atomic E-state index is -5.36. The van der Waals surface area contributed by atoms with E-state index in [0.717, 1.165) is 0 Å². The molecule has 4 rings (SSSR count). The van der Waals surface area contributed by atoms with Crippen LogP contribution < -0.4 is 25.3 Å². The number of aromatic amines is 1. The molecule has 250 valence electrons. The number of anilines is 2. The van der Waals surface area contributed by atoms with Gasteiger partial charge in [0.05, 0.1) is 13.3 Å². The van der Waals surface area contributed by atoms with Crippen LogP contribution in [0.3, 0.4) is 0 Å². The maximum Gasteiger partial charge on any atom is 0.421 e. The molecule has 0 saturated heterocycles. The van der Waals surface area contributed by atoms with E-state index >= 15 is 0 Å². The van der Waals surface area contributed by atoms with E-state index in [-0.39, 0.29) is 47.6 Å². The van der Waals surface area contributed by atoms with Crippen LogP contribution in [0.1, 0.15) is 39.2 Å². The first-order valence-corrected chi connectivity index (χ1v) is 15.6. The number of aliphatic hydroxyl groups excluding tert-OH is 1. The van der Waals surface area contributed by atoms with Gasteiger partial charge in [-0.2, -0.15) is 23.3 Å². The highest BCUT2D eigenvalue weighted by atomic mass is 31.2. The topological polar surface area (TPSA) is 197 Å². The van der Waals surface area contributed by atoms with Crippen LogP contribution in [0.15, 0.2) is 65.6 Å². The number of likely N-dealkylation sites (N-methyl/N-ethyl adjacent to an activating group) is 1. The van der Waals surface area contributed by atoms with Gasteiger partial charge in [0.25, 0.3) is 0 Å². The number of allylic oxidation sites excluding steroid dienone is 3. The van der Waals surface area contributed by atoms with Gasteiger partial charge < -0.3 is 40.1 Å². The fraction of sp³-hybridized carbons (Fsp3) is 0.429. The van der Waals surface area contributed by atoms with Crippen LogP contribution in [0.25, 0.3) is 0 Å². The number of carbonyl (C=O) groups excluding carboxylic acids is 1. The van der Waals surface area contributed by atoms with Crippen molar-refractivity contribution in [2.75, 3.05) is 37.9 Å². The zero-order valence-electron chi connectivity index (χ0n) is 25.8. The molecule has 1 aliphatic heterocycles. The first-order valence-electron chi connectivity index (χ1n) is 14.1. The molecule has 18 heteroatoms. The first kappa shape index (κ1) is 34.8. The molecule has 2 aromatic heterocycles. The number of quaternary nitrogens is 1. The molecule has 1 amide bonds. The molecule has 2 aliphatic rings. The number of amides is 1. The summed E-state index contributed by atoms with van der Waals surface area (Å²) >= 11 is 0. The third-order valence-electron chi connectivity index (χ3n) is 8.28. The summed E-state index contributed by atoms with van der Waals surface area (Å²) in [7, 11) is -2.80. The molecule has 0 bridgehead atoms. The van der Waals surface area contributed by atoms with Crippen LogP contribution in [-0.4, -0.2) is 74.2 Å². The van der Waals surface area contributed by atoms with E-state index in [9.17, 15) is 37.4 Å². The van der Waals surface area contributed by atoms with E-state index < -0.39 is 47.8 Å². The van der Waals surface area contributed by atoms with Crippen LogP contribution in [0, 0.1) is 0 Å². The standard InChI is InChI=1S/C28H36F3N8O6P/c1-17-8-9-27(46(42,43)44,21(13-17)45-5)38-25-33-16-19(28(29,30)31)23(37-25)36-20-7-6-11-39(18-14-34-35-15-18,22(20)24(41)32-4)26(2,3)10-12-40/h6-8,13-16,40H,9-12H2,1-5H3,(H5-,32,33,34,35,36,37,38,41,42,43,44). The third kappa shape index (κ3) is 6.08. The normalized spacial score (nSPS) is 23.3. The SMILES string of the molecule is CNC(=O)C1=C(Nc2nc(NC3(P(=O)([O-])O)CC=C(C)C=C3OC)ncc2C(F)(F)F)C=CC[N+]1(c1cn[nH]c1)C(C)(C)CCO. The Labute approximate surface area is 262 Å². The Morgan fingerprint density at radius 3 is 2.59 bits per heavy atom. The molecule has 2 aromatic rings. The number of halogens is 3. The molecule has 0 saturated carbocycles. The van der Waals surface area contributed by atoms with Crippen LogP contribution in [0.5, 0.6) is 0 Å². The number of aliphatic hydroxyl groups is 1. The number of aromatic nitrogens is 4. The Morgan fingerprint density at radius 1 is 1.30 bits per heavy atom. The van der Waals surface area contributed by atoms with Crippen molar-refractivity contribution in [3.8, 4) is 0 Å². The fourth-order valence-electron chi connectivity index (χ4n) is 5.79. The lowest BCUT2D eigenvalue weighted by Crippen LogP contribution is -2.66. The number of ether oxygens (including phenoxy) is 1. The van der Waals surface area contributed by atoms with Crippen molar-refractivity contribution in [3.05, 3.63) is 71.2 Å². The molecule has 0 fully saturated rings. The summed E-state index contributed by atoms with van der Waals surface area (Å²) in [6.07, 6.45) is 4.32. The minimum Gasteiger partial charge on any atom is -0.777 e. The largest absolute Gasteiger partial charge is 0.777 e. The maximum absolute atomic E-state index is 14.3. The van der Waals surface area contributed by atoms with Gasteiger partial charge >= 0.3 is 12.1 Å². The van der Waals surface area contributed by atoms with Crippen LogP contribution in [-0.2, 0) is 20.3 Å². The number of rotatable bonds is 11. The summed E-state index contributed by atoms with van der Waals surface area (Å²) in [5.74, 6) is -2.25. The molecule has 3 heterocycles. The van der Waals surface area contributed by atoms with Gasteiger partial charge in [-0.15, -0.1) is 0 Å². The molecule has 14 nitrogen and oxygen atoms in total. The van der Waals surface area contributed by atoms with Gasteiger partial charge in [0, 0.05) is 32.7 Å². The summed E-state index contributed by atoms with van der Waals surface area (Å²) in [5.41, 5.74) is -1.16. The van der Waals surface area contributed by atoms with E-state index in [1.165, 1.54) is 38.6 Å². The van der Waals surface area contributed by atoms with E-state index in [0.29, 0.717) is 17.5 Å². The quantitative estimate of drug-likeness (QED) is 0.152. The highest BCUT2D eigenvalue weighted by Gasteiger charge is 2.54. The Balaban J connectivity index is 1.94. The van der Waals surface area contributed by atoms with Crippen molar-refractivity contribution in [1.82, 2.24) is 30.0 Å². The summed E-state index contributed by atoms with van der Waals surface area (Å²) in [6.45, 7) is 5.22. The van der Waals surface area contributed by atoms with Crippen molar-refractivity contribution >= 4 is 31.0 Å². The molecule has 3 atom stereocenters. The van der Waals surface area contributed by atoms with E-state index in [1.54, 1.807) is 33.0 Å². The highest BCUT2D eigenvalue weighted by molar-refractivity contribution is 7.52. The van der Waals surface area contributed by atoms with Gasteiger partial charge in [0.1, 0.15) is 41.1 Å². The highest BCUT2D eigenvalue weighted by Crippen LogP contribution is 2.55. The number of nitrogens with one attached hydrogen (secondary N) is 4. The van der Waals surface area contributed by atoms with Gasteiger partial charge in [-0.05, 0) is 39.0 Å². The van der Waals surface area contributed by atoms with Gasteiger partial charge in [-0.25, -0.2) is 9.47 Å². The zero-order chi connectivity index (χ0) is 34.1. The minimum absolute atomic E-state index is 0.000482. The predicted octanol–water partition coefficient (Wildman–Crippen LogP) is 2.86. The average Bonchev–Trinajstić information content (AvgIpc) is 3.52. The summed E-state index contributed by atoms with van der Waals surface area (Å²) in [6, 6.07) is 0. The van der Waals surface area contributed by atoms with Crippen molar-refractivity contribution < 1.29 is 42.2 Å². The summed E-state index contributed by atoms with van der Waals surface area (Å²) in [4.78, 5) is 44.4. The predicted molar refractivity (Wildman–Crippen MR) is 162 cm³/mol. The lowest BCUT2D eigenvalue weighted by molar-refractivity contribution is -0.199. The second-order valence-electron chi connectivity index (χ2n) is 11.4. The molecular formula is C28H36F3N8O6P. The van der Waals surface area contributed by atoms with Crippen molar-refractivity contribution in [2.24, 2.45) is 0 Å². The van der Waals surface area contributed by atoms with Crippen molar-refractivity contribution in [1.29, 1.82) is 0 Å². The van der Waals surface area contributed by atoms with E-state index in [2.05, 4.69) is 36.1 Å². The maximum atomic E-state index is 14.3. The first-order chi connectivity index (χ1) is 21.5. The molecule has 46 heavy (non-hydrogen) atoms. The number of H-pyrrole nitrogens is 1. The Hall–Kier alpha value is -4.02. The van der Waals surface area contributed by atoms with Crippen molar-refractivity contribution in [2.45, 2.75) is 50.6 Å². The van der Waals surface area contributed by atoms with Crippen LogP contribution >= 0.6 is 7.60 Å². The van der Waals surface area contributed by atoms with Crippen LogP contribution in [0.4, 0.5) is 30.6 Å². The number of hydrogen-bond donors (Lipinski definition) is 6. The summed E-state index contributed by atoms with van der Waals surface area (Å²) < 4.78 is 60.7. The van der Waals surface area contributed by atoms with Gasteiger partial charge in [0.15, 0.2) is 18.6 Å². The Kier molecular flexibility index (Phi) is 9.58. The molecule has 6 N–H and O–H groups in total. The van der Waals surface area contributed by atoms with E-state index in [4.69, 9.17) is 4.74 Å². The number of methoxy groups -OCH3 is 1. The molecular weight excluding hydrogens is 632 g/mol. The number of carbonyl (C=O) groups is 1. The van der Waals surface area contributed by atoms with E-state index in [1.807, 2.05) is 0 Å². The van der Waals surface area contributed by atoms with Gasteiger partial charge in [-0.3, -0.25) is 9.89 Å². The second kappa shape index (κ2) is 12.6. The number of alkyl halides is 3. The molecule has 0 aromatic carbocycles. The molecule has 0 radical (unpaired) electrons. The van der Waals surface area contributed by atoms with Gasteiger partial charge in [-0.1, -0.05) is 11.6 Å². The average molecular weight is 669 g/mol. The molecule has 3 unspecified atom stereocenters. The smallest absolute Gasteiger partial charge is 0.421 e. The molecule has 1 aliphatic carbocycles. The van der Waals surface area contributed by atoms with Gasteiger partial charge in [0.2, 0.25) is 11.6 Å².